The first-order valence-electron chi connectivity index (χ1n) is 7.93. The minimum absolute atomic E-state index is 0.468. The molecule has 0 bridgehead atoms. The first-order valence-corrected chi connectivity index (χ1v) is 8.73. The Morgan fingerprint density at radius 1 is 1.15 bits per heavy atom. The zero-order valence-corrected chi connectivity index (χ0v) is 14.3. The maximum Gasteiger partial charge on any atom is 0.0318 e. The van der Waals surface area contributed by atoms with Crippen LogP contribution in [-0.4, -0.2) is 30.6 Å². The van der Waals surface area contributed by atoms with Gasteiger partial charge < -0.3 is 5.32 Å². The SMILES string of the molecule is CCC(NCC(C)N1CCCCC1)c1ccc(Br)cc1. The van der Waals surface area contributed by atoms with Gasteiger partial charge in [0, 0.05) is 23.1 Å². The van der Waals surface area contributed by atoms with E-state index in [0.717, 1.165) is 17.4 Å². The minimum Gasteiger partial charge on any atom is -0.308 e. The van der Waals surface area contributed by atoms with Crippen molar-refractivity contribution in [3.8, 4) is 0 Å². The van der Waals surface area contributed by atoms with Gasteiger partial charge in [0.1, 0.15) is 0 Å². The minimum atomic E-state index is 0.468. The Balaban J connectivity index is 1.85. The molecular formula is C17H27BrN2. The molecule has 1 aromatic carbocycles. The summed E-state index contributed by atoms with van der Waals surface area (Å²) in [5.41, 5.74) is 1.39. The van der Waals surface area contributed by atoms with Crippen LogP contribution in [0.15, 0.2) is 28.7 Å². The van der Waals surface area contributed by atoms with E-state index in [1.807, 2.05) is 0 Å². The van der Waals surface area contributed by atoms with Gasteiger partial charge in [-0.05, 0) is 57.0 Å². The maximum atomic E-state index is 3.75. The predicted octanol–water partition coefficient (Wildman–Crippen LogP) is 4.36. The molecule has 1 heterocycles. The molecule has 2 nitrogen and oxygen atoms in total. The van der Waals surface area contributed by atoms with Crippen LogP contribution in [0.3, 0.4) is 0 Å². The smallest absolute Gasteiger partial charge is 0.0318 e. The fraction of sp³-hybridized carbons (Fsp3) is 0.647. The van der Waals surface area contributed by atoms with Crippen LogP contribution in [0.4, 0.5) is 0 Å². The number of hydrogen-bond donors (Lipinski definition) is 1. The standard InChI is InChI=1S/C17H27BrN2/c1-3-17(15-7-9-16(18)10-8-15)19-13-14(2)20-11-5-4-6-12-20/h7-10,14,17,19H,3-6,11-13H2,1-2H3. The number of rotatable bonds is 6. The summed E-state index contributed by atoms with van der Waals surface area (Å²) in [4.78, 5) is 2.63. The molecule has 1 fully saturated rings. The lowest BCUT2D eigenvalue weighted by Crippen LogP contribution is -2.43. The van der Waals surface area contributed by atoms with Gasteiger partial charge in [0.15, 0.2) is 0 Å². The van der Waals surface area contributed by atoms with E-state index in [1.54, 1.807) is 0 Å². The fourth-order valence-corrected chi connectivity index (χ4v) is 3.26. The van der Waals surface area contributed by atoms with Gasteiger partial charge in [-0.2, -0.15) is 0 Å². The van der Waals surface area contributed by atoms with Crippen molar-refractivity contribution in [1.29, 1.82) is 0 Å². The second kappa shape index (κ2) is 8.16. The van der Waals surface area contributed by atoms with Crippen LogP contribution in [0.5, 0.6) is 0 Å². The molecule has 20 heavy (non-hydrogen) atoms. The lowest BCUT2D eigenvalue weighted by Gasteiger charge is -2.33. The third-order valence-corrected chi connectivity index (χ3v) is 4.88. The Bertz CT molecular complexity index is 384. The van der Waals surface area contributed by atoms with E-state index in [4.69, 9.17) is 0 Å². The number of nitrogens with zero attached hydrogens (tertiary/aromatic N) is 1. The molecule has 2 atom stereocenters. The monoisotopic (exact) mass is 338 g/mol. The van der Waals surface area contributed by atoms with Crippen LogP contribution >= 0.6 is 15.9 Å². The normalized spacial score (nSPS) is 19.8. The molecule has 1 aromatic rings. The highest BCUT2D eigenvalue weighted by Crippen LogP contribution is 2.20. The number of benzene rings is 1. The quantitative estimate of drug-likeness (QED) is 0.828. The van der Waals surface area contributed by atoms with Gasteiger partial charge in [-0.25, -0.2) is 0 Å². The molecule has 1 N–H and O–H groups in total. The number of hydrogen-bond acceptors (Lipinski definition) is 2. The van der Waals surface area contributed by atoms with E-state index >= 15 is 0 Å². The number of nitrogens with one attached hydrogen (secondary N) is 1. The van der Waals surface area contributed by atoms with E-state index in [-0.39, 0.29) is 0 Å². The van der Waals surface area contributed by atoms with Crippen LogP contribution in [0.1, 0.15) is 51.1 Å². The molecule has 0 spiro atoms. The van der Waals surface area contributed by atoms with Crippen LogP contribution < -0.4 is 5.32 Å². The molecule has 0 aliphatic carbocycles. The highest BCUT2D eigenvalue weighted by atomic mass is 79.9. The lowest BCUT2D eigenvalue weighted by atomic mass is 10.0. The Hall–Kier alpha value is -0.380. The van der Waals surface area contributed by atoms with Gasteiger partial charge in [0.25, 0.3) is 0 Å². The van der Waals surface area contributed by atoms with E-state index in [0.29, 0.717) is 12.1 Å². The van der Waals surface area contributed by atoms with Crippen molar-refractivity contribution >= 4 is 15.9 Å². The maximum absolute atomic E-state index is 3.75. The number of piperidine rings is 1. The Kier molecular flexibility index (Phi) is 6.53. The zero-order valence-electron chi connectivity index (χ0n) is 12.7. The van der Waals surface area contributed by atoms with Crippen molar-refractivity contribution in [2.75, 3.05) is 19.6 Å². The lowest BCUT2D eigenvalue weighted by molar-refractivity contribution is 0.167. The van der Waals surface area contributed by atoms with Crippen molar-refractivity contribution in [2.45, 2.75) is 51.6 Å². The highest BCUT2D eigenvalue weighted by molar-refractivity contribution is 9.10. The summed E-state index contributed by atoms with van der Waals surface area (Å²) in [6, 6.07) is 9.81. The summed E-state index contributed by atoms with van der Waals surface area (Å²) >= 11 is 3.50. The Morgan fingerprint density at radius 3 is 2.40 bits per heavy atom. The average Bonchev–Trinajstić information content (AvgIpc) is 2.50. The largest absolute Gasteiger partial charge is 0.308 e. The van der Waals surface area contributed by atoms with Gasteiger partial charge in [-0.15, -0.1) is 0 Å². The molecular weight excluding hydrogens is 312 g/mol. The second-order valence-electron chi connectivity index (χ2n) is 5.87. The Labute approximate surface area is 132 Å². The first kappa shape index (κ1) is 16.0. The molecule has 0 radical (unpaired) electrons. The Morgan fingerprint density at radius 2 is 1.80 bits per heavy atom. The summed E-state index contributed by atoms with van der Waals surface area (Å²) in [6.07, 6.45) is 5.28. The van der Waals surface area contributed by atoms with E-state index in [1.165, 1.54) is 37.9 Å². The molecule has 3 heteroatoms. The molecule has 0 aromatic heterocycles. The summed E-state index contributed by atoms with van der Waals surface area (Å²) < 4.78 is 1.15. The zero-order chi connectivity index (χ0) is 14.4. The molecule has 1 saturated heterocycles. The molecule has 1 aliphatic heterocycles. The third kappa shape index (κ3) is 4.57. The van der Waals surface area contributed by atoms with Crippen LogP contribution in [0, 0.1) is 0 Å². The van der Waals surface area contributed by atoms with Crippen molar-refractivity contribution in [3.05, 3.63) is 34.3 Å². The van der Waals surface area contributed by atoms with Gasteiger partial charge in [-0.3, -0.25) is 4.90 Å². The number of halogens is 1. The summed E-state index contributed by atoms with van der Waals surface area (Å²) in [5, 5.41) is 3.75. The highest BCUT2D eigenvalue weighted by Gasteiger charge is 2.17. The van der Waals surface area contributed by atoms with Crippen LogP contribution in [0.25, 0.3) is 0 Å². The predicted molar refractivity (Wildman–Crippen MR) is 90.1 cm³/mol. The molecule has 2 rings (SSSR count). The van der Waals surface area contributed by atoms with E-state index in [2.05, 4.69) is 64.3 Å². The van der Waals surface area contributed by atoms with Crippen molar-refractivity contribution in [3.63, 3.8) is 0 Å². The van der Waals surface area contributed by atoms with Crippen molar-refractivity contribution < 1.29 is 0 Å². The number of likely N-dealkylation sites (tertiary alicyclic amines) is 1. The van der Waals surface area contributed by atoms with E-state index < -0.39 is 0 Å². The van der Waals surface area contributed by atoms with Crippen molar-refractivity contribution in [1.82, 2.24) is 10.2 Å². The average molecular weight is 339 g/mol. The summed E-state index contributed by atoms with van der Waals surface area (Å²) in [6.45, 7) is 8.24. The van der Waals surface area contributed by atoms with Gasteiger partial charge in [0.2, 0.25) is 0 Å². The first-order chi connectivity index (χ1) is 9.70. The van der Waals surface area contributed by atoms with Gasteiger partial charge in [-0.1, -0.05) is 41.4 Å². The molecule has 112 valence electrons. The summed E-state index contributed by atoms with van der Waals surface area (Å²) in [5.74, 6) is 0. The van der Waals surface area contributed by atoms with E-state index in [9.17, 15) is 0 Å². The third-order valence-electron chi connectivity index (χ3n) is 4.35. The fourth-order valence-electron chi connectivity index (χ4n) is 2.99. The van der Waals surface area contributed by atoms with Crippen LogP contribution in [-0.2, 0) is 0 Å². The van der Waals surface area contributed by atoms with Gasteiger partial charge >= 0.3 is 0 Å². The summed E-state index contributed by atoms with van der Waals surface area (Å²) in [7, 11) is 0. The van der Waals surface area contributed by atoms with Crippen LogP contribution in [0.2, 0.25) is 0 Å². The topological polar surface area (TPSA) is 15.3 Å². The van der Waals surface area contributed by atoms with Crippen molar-refractivity contribution in [2.24, 2.45) is 0 Å². The molecule has 0 saturated carbocycles. The molecule has 1 aliphatic rings. The molecule has 2 unspecified atom stereocenters. The van der Waals surface area contributed by atoms with Gasteiger partial charge in [0.05, 0.1) is 0 Å². The second-order valence-corrected chi connectivity index (χ2v) is 6.78. The molecule has 0 amide bonds.